The molecule has 5 N–H and O–H groups in total. The number of sulfonamides is 1. The highest BCUT2D eigenvalue weighted by atomic mass is 35.5. The Kier molecular flexibility index (Phi) is 5.86. The van der Waals surface area contributed by atoms with Crippen molar-refractivity contribution in [1.29, 1.82) is 0 Å². The molecule has 0 saturated carbocycles. The number of primary amides is 1. The third kappa shape index (κ3) is 4.72. The van der Waals surface area contributed by atoms with Crippen LogP contribution in [0.15, 0.2) is 47.4 Å². The van der Waals surface area contributed by atoms with Gasteiger partial charge in [-0.3, -0.25) is 4.79 Å². The number of para-hydroxylation sites is 1. The van der Waals surface area contributed by atoms with Crippen LogP contribution in [-0.4, -0.2) is 30.8 Å². The lowest BCUT2D eigenvalue weighted by Crippen LogP contribution is -2.26. The minimum atomic E-state index is -4.34. The zero-order valence-electron chi connectivity index (χ0n) is 13.3. The Bertz CT molecular complexity index is 947. The quantitative estimate of drug-likeness (QED) is 0.601. The summed E-state index contributed by atoms with van der Waals surface area (Å²) in [5, 5.41) is 13.2. The van der Waals surface area contributed by atoms with Crippen LogP contribution in [0.4, 0.5) is 0 Å². The van der Waals surface area contributed by atoms with E-state index in [-0.39, 0.29) is 29.0 Å². The monoisotopic (exact) mass is 398 g/mol. The summed E-state index contributed by atoms with van der Waals surface area (Å²) >= 11 is 5.87. The van der Waals surface area contributed by atoms with Crippen molar-refractivity contribution in [2.45, 2.75) is 16.7 Å². The third-order valence-electron chi connectivity index (χ3n) is 3.36. The summed E-state index contributed by atoms with van der Waals surface area (Å²) < 4.78 is 29.6. The van der Waals surface area contributed by atoms with Crippen molar-refractivity contribution >= 4 is 33.5 Å². The molecule has 1 atom stereocenters. The molecule has 0 radical (unpaired) electrons. The molecule has 0 aliphatic heterocycles. The molecule has 0 fully saturated rings. The number of carboxylic acids is 1. The van der Waals surface area contributed by atoms with Crippen LogP contribution in [-0.2, 0) is 21.2 Å². The molecule has 8 nitrogen and oxygen atoms in total. The Hall–Kier alpha value is -2.62. The van der Waals surface area contributed by atoms with E-state index < -0.39 is 32.2 Å². The van der Waals surface area contributed by atoms with Crippen LogP contribution in [0.2, 0.25) is 0 Å². The lowest BCUT2D eigenvalue weighted by molar-refractivity contribution is -0.117. The molecule has 1 unspecified atom stereocenters. The minimum absolute atomic E-state index is 0.0663. The molecule has 138 valence electrons. The molecule has 0 spiro atoms. The molecule has 0 aromatic heterocycles. The van der Waals surface area contributed by atoms with Gasteiger partial charge in [-0.25, -0.2) is 18.4 Å². The fourth-order valence-corrected chi connectivity index (χ4v) is 3.05. The number of primary sulfonamides is 1. The zero-order chi connectivity index (χ0) is 19.5. The zero-order valence-corrected chi connectivity index (χ0v) is 14.8. The molecule has 0 aliphatic carbocycles. The van der Waals surface area contributed by atoms with E-state index in [4.69, 9.17) is 27.2 Å². The van der Waals surface area contributed by atoms with Gasteiger partial charge in [-0.05, 0) is 29.8 Å². The molecule has 0 bridgehead atoms. The molecule has 10 heteroatoms. The number of carbonyl (C=O) groups excluding carboxylic acids is 1. The van der Waals surface area contributed by atoms with E-state index >= 15 is 0 Å². The predicted octanol–water partition coefficient (Wildman–Crippen LogP) is 1.46. The summed E-state index contributed by atoms with van der Waals surface area (Å²) in [6.45, 7) is 0. The first-order chi connectivity index (χ1) is 12.1. The van der Waals surface area contributed by atoms with Crippen molar-refractivity contribution in [1.82, 2.24) is 0 Å². The van der Waals surface area contributed by atoms with Crippen molar-refractivity contribution in [2.24, 2.45) is 10.9 Å². The molecular formula is C16H15ClN2O6S. The van der Waals surface area contributed by atoms with E-state index in [2.05, 4.69) is 0 Å². The molecule has 0 saturated heterocycles. The average Bonchev–Trinajstić information content (AvgIpc) is 2.55. The predicted molar refractivity (Wildman–Crippen MR) is 93.8 cm³/mol. The summed E-state index contributed by atoms with van der Waals surface area (Å²) in [6, 6.07) is 10.2. The minimum Gasteiger partial charge on any atom is -0.478 e. The molecular weight excluding hydrogens is 384 g/mol. The van der Waals surface area contributed by atoms with Crippen LogP contribution < -0.4 is 15.6 Å². The summed E-state index contributed by atoms with van der Waals surface area (Å²) in [5.74, 6) is -2.16. The van der Waals surface area contributed by atoms with Gasteiger partial charge in [0.2, 0.25) is 15.9 Å². The molecule has 1 amide bonds. The maximum absolute atomic E-state index is 12.0. The number of carboxylic acid groups (broad SMARTS) is 1. The van der Waals surface area contributed by atoms with Gasteiger partial charge in [0, 0.05) is 6.42 Å². The van der Waals surface area contributed by atoms with Crippen LogP contribution in [0.3, 0.4) is 0 Å². The van der Waals surface area contributed by atoms with Gasteiger partial charge in [0.15, 0.2) is 5.75 Å². The van der Waals surface area contributed by atoms with Gasteiger partial charge in [-0.2, -0.15) is 0 Å². The van der Waals surface area contributed by atoms with Crippen molar-refractivity contribution < 1.29 is 27.9 Å². The Labute approximate surface area is 154 Å². The van der Waals surface area contributed by atoms with E-state index in [1.807, 2.05) is 0 Å². The third-order valence-corrected chi connectivity index (χ3v) is 4.64. The SMILES string of the molecule is NC(=O)C(Cl)Cc1cc(C(=O)O)cc(S(N)(=O)=O)c1Oc1ccccc1. The Balaban J connectivity index is 2.70. The highest BCUT2D eigenvalue weighted by Gasteiger charge is 2.25. The van der Waals surface area contributed by atoms with Gasteiger partial charge in [0.25, 0.3) is 0 Å². The number of nitrogens with two attached hydrogens (primary N) is 2. The van der Waals surface area contributed by atoms with Gasteiger partial charge >= 0.3 is 5.97 Å². The van der Waals surface area contributed by atoms with E-state index in [1.54, 1.807) is 30.3 Å². The number of benzene rings is 2. The molecule has 2 aromatic rings. The van der Waals surface area contributed by atoms with Gasteiger partial charge in [0.1, 0.15) is 16.0 Å². The number of alkyl halides is 1. The summed E-state index contributed by atoms with van der Waals surface area (Å²) in [6.07, 6.45) is -0.247. The number of amides is 1. The lowest BCUT2D eigenvalue weighted by atomic mass is 10.0. The van der Waals surface area contributed by atoms with Crippen LogP contribution >= 0.6 is 11.6 Å². The topological polar surface area (TPSA) is 150 Å². The number of carbonyl (C=O) groups is 2. The van der Waals surface area contributed by atoms with Crippen LogP contribution in [0, 0.1) is 0 Å². The first kappa shape index (κ1) is 19.7. The Morgan fingerprint density at radius 1 is 1.19 bits per heavy atom. The van der Waals surface area contributed by atoms with Crippen LogP contribution in [0.25, 0.3) is 0 Å². The molecule has 26 heavy (non-hydrogen) atoms. The highest BCUT2D eigenvalue weighted by Crippen LogP contribution is 2.34. The van der Waals surface area contributed by atoms with Crippen molar-refractivity contribution in [3.05, 3.63) is 53.6 Å². The van der Waals surface area contributed by atoms with E-state index in [9.17, 15) is 23.1 Å². The maximum Gasteiger partial charge on any atom is 0.335 e. The van der Waals surface area contributed by atoms with Crippen molar-refractivity contribution in [2.75, 3.05) is 0 Å². The molecule has 2 rings (SSSR count). The van der Waals surface area contributed by atoms with Gasteiger partial charge in [-0.15, -0.1) is 11.6 Å². The van der Waals surface area contributed by atoms with Gasteiger partial charge in [0.05, 0.1) is 5.56 Å². The number of halogens is 1. The Morgan fingerprint density at radius 3 is 2.31 bits per heavy atom. The number of ether oxygens (including phenoxy) is 1. The average molecular weight is 399 g/mol. The first-order valence-electron chi connectivity index (χ1n) is 7.19. The van der Waals surface area contributed by atoms with Gasteiger partial charge in [-0.1, -0.05) is 18.2 Å². The standard InChI is InChI=1S/C16H15ClN2O6S/c17-12(15(18)20)7-9-6-10(16(21)22)8-13(26(19,23)24)14(9)25-11-4-2-1-3-5-11/h1-6,8,12H,7H2,(H2,18,20)(H,21,22)(H2,19,23,24). The largest absolute Gasteiger partial charge is 0.478 e. The number of hydrogen-bond donors (Lipinski definition) is 3. The van der Waals surface area contributed by atoms with Gasteiger partial charge < -0.3 is 15.6 Å². The van der Waals surface area contributed by atoms with Crippen LogP contribution in [0.5, 0.6) is 11.5 Å². The highest BCUT2D eigenvalue weighted by molar-refractivity contribution is 7.89. The van der Waals surface area contributed by atoms with E-state index in [1.165, 1.54) is 0 Å². The fraction of sp³-hybridized carbons (Fsp3) is 0.125. The summed E-state index contributed by atoms with van der Waals surface area (Å²) in [4.78, 5) is 22.0. The fourth-order valence-electron chi connectivity index (χ4n) is 2.16. The van der Waals surface area contributed by atoms with Crippen molar-refractivity contribution in [3.63, 3.8) is 0 Å². The molecule has 0 aliphatic rings. The van der Waals surface area contributed by atoms with E-state index in [0.29, 0.717) is 0 Å². The smallest absolute Gasteiger partial charge is 0.335 e. The van der Waals surface area contributed by atoms with E-state index in [0.717, 1.165) is 12.1 Å². The first-order valence-corrected chi connectivity index (χ1v) is 9.17. The summed E-state index contributed by atoms with van der Waals surface area (Å²) in [5.41, 5.74) is 4.85. The Morgan fingerprint density at radius 2 is 1.81 bits per heavy atom. The second kappa shape index (κ2) is 7.73. The number of hydrogen-bond acceptors (Lipinski definition) is 5. The molecule has 0 heterocycles. The van der Waals surface area contributed by atoms with Crippen molar-refractivity contribution in [3.8, 4) is 11.5 Å². The maximum atomic E-state index is 12.0. The van der Waals surface area contributed by atoms with Crippen LogP contribution in [0.1, 0.15) is 15.9 Å². The molecule has 2 aromatic carbocycles. The normalized spacial score (nSPS) is 12.4. The second-order valence-electron chi connectivity index (χ2n) is 5.30. The number of rotatable bonds is 7. The second-order valence-corrected chi connectivity index (χ2v) is 7.36. The number of aromatic carboxylic acids is 1. The lowest BCUT2D eigenvalue weighted by Gasteiger charge is -2.17. The summed E-state index contributed by atoms with van der Waals surface area (Å²) in [7, 11) is -4.34.